The van der Waals surface area contributed by atoms with E-state index in [1.165, 1.54) is 77.0 Å². The zero-order valence-electron chi connectivity index (χ0n) is 18.7. The first-order chi connectivity index (χ1) is 13.7. The molecule has 0 bridgehead atoms. The molecule has 0 aromatic rings. The molecule has 1 atom stereocenters. The molecule has 0 radical (unpaired) electrons. The van der Waals surface area contributed by atoms with E-state index in [-0.39, 0.29) is 5.92 Å². The van der Waals surface area contributed by atoms with Gasteiger partial charge < -0.3 is 5.11 Å². The van der Waals surface area contributed by atoms with Gasteiger partial charge in [-0.25, -0.2) is 0 Å². The predicted octanol–water partition coefficient (Wildman–Crippen LogP) is 7.76. The maximum Gasteiger partial charge on any atom is 0.306 e. The van der Waals surface area contributed by atoms with Gasteiger partial charge >= 0.3 is 5.97 Å². The predicted molar refractivity (Wildman–Crippen MR) is 121 cm³/mol. The summed E-state index contributed by atoms with van der Waals surface area (Å²) in [5.41, 5.74) is 0. The second kappa shape index (κ2) is 21.9. The fourth-order valence-electron chi connectivity index (χ4n) is 3.23. The zero-order valence-corrected chi connectivity index (χ0v) is 18.7. The summed E-state index contributed by atoms with van der Waals surface area (Å²) >= 11 is 0. The Morgan fingerprint density at radius 2 is 1.07 bits per heavy atom. The Labute approximate surface area is 175 Å². The van der Waals surface area contributed by atoms with Crippen LogP contribution in [0.4, 0.5) is 0 Å². The highest BCUT2D eigenvalue weighted by molar-refractivity contribution is 5.69. The first kappa shape index (κ1) is 26.6. The third-order valence-electron chi connectivity index (χ3n) is 5.26. The van der Waals surface area contributed by atoms with Crippen LogP contribution in [0.25, 0.3) is 0 Å². The second-order valence-electron chi connectivity index (χ2n) is 8.08. The van der Waals surface area contributed by atoms with E-state index < -0.39 is 5.97 Å². The summed E-state index contributed by atoms with van der Waals surface area (Å²) in [6, 6.07) is 0. The standard InChI is InChI=1S/C26H44O2/c1-3-4-5-6-7-8-9-10-11-12-13-14-15-16-17-18-19-20-21-22-23-24-25(2)26(27)28/h25H,3-13,18-24H2,1-2H3,(H,27,28). The molecule has 0 amide bonds. The topological polar surface area (TPSA) is 37.3 Å². The van der Waals surface area contributed by atoms with Crippen LogP contribution >= 0.6 is 0 Å². The van der Waals surface area contributed by atoms with E-state index in [1.807, 2.05) is 0 Å². The second-order valence-corrected chi connectivity index (χ2v) is 8.08. The Morgan fingerprint density at radius 1 is 0.679 bits per heavy atom. The normalized spacial score (nSPS) is 11.2. The molecular weight excluding hydrogens is 344 g/mol. The Morgan fingerprint density at radius 3 is 1.50 bits per heavy atom. The van der Waals surface area contributed by atoms with E-state index in [1.54, 1.807) is 6.92 Å². The van der Waals surface area contributed by atoms with Gasteiger partial charge in [0.05, 0.1) is 5.92 Å². The lowest BCUT2D eigenvalue weighted by Gasteiger charge is -2.04. The fraction of sp³-hybridized carbons (Fsp3) is 0.808. The van der Waals surface area contributed by atoms with E-state index in [0.29, 0.717) is 0 Å². The van der Waals surface area contributed by atoms with Crippen LogP contribution in [-0.4, -0.2) is 11.1 Å². The molecule has 2 nitrogen and oxygen atoms in total. The van der Waals surface area contributed by atoms with Gasteiger partial charge in [0.2, 0.25) is 0 Å². The van der Waals surface area contributed by atoms with E-state index in [0.717, 1.165) is 38.5 Å². The molecule has 0 rings (SSSR count). The van der Waals surface area contributed by atoms with Crippen molar-refractivity contribution in [3.8, 4) is 23.7 Å². The third kappa shape index (κ3) is 20.9. The van der Waals surface area contributed by atoms with Crippen LogP contribution in [0.5, 0.6) is 0 Å². The monoisotopic (exact) mass is 388 g/mol. The Balaban J connectivity index is 3.30. The van der Waals surface area contributed by atoms with Gasteiger partial charge in [0.15, 0.2) is 0 Å². The van der Waals surface area contributed by atoms with Gasteiger partial charge in [-0.3, -0.25) is 4.79 Å². The lowest BCUT2D eigenvalue weighted by molar-refractivity contribution is -0.141. The summed E-state index contributed by atoms with van der Waals surface area (Å²) in [6.45, 7) is 4.06. The summed E-state index contributed by atoms with van der Waals surface area (Å²) in [4.78, 5) is 10.7. The number of carboxylic acid groups (broad SMARTS) is 1. The number of hydrogen-bond acceptors (Lipinski definition) is 1. The van der Waals surface area contributed by atoms with Crippen molar-refractivity contribution in [3.05, 3.63) is 0 Å². The molecule has 0 saturated heterocycles. The SMILES string of the molecule is CCCCCCCCCCCCC#CC#CCCCCCCCC(C)C(=O)O. The number of rotatable bonds is 18. The smallest absolute Gasteiger partial charge is 0.306 e. The van der Waals surface area contributed by atoms with Gasteiger partial charge in [0.1, 0.15) is 0 Å². The average molecular weight is 389 g/mol. The molecule has 1 unspecified atom stereocenters. The minimum atomic E-state index is -0.676. The highest BCUT2D eigenvalue weighted by Gasteiger charge is 2.09. The summed E-state index contributed by atoms with van der Waals surface area (Å²) in [5, 5.41) is 8.82. The molecule has 0 aromatic heterocycles. The molecule has 0 aromatic carbocycles. The van der Waals surface area contributed by atoms with Gasteiger partial charge in [-0.15, -0.1) is 0 Å². The summed E-state index contributed by atoms with van der Waals surface area (Å²) in [7, 11) is 0. The molecular formula is C26H44O2. The van der Waals surface area contributed by atoms with E-state index in [9.17, 15) is 4.79 Å². The number of hydrogen-bond donors (Lipinski definition) is 1. The number of carboxylic acids is 1. The lowest BCUT2D eigenvalue weighted by atomic mass is 10.0. The van der Waals surface area contributed by atoms with Crippen molar-refractivity contribution in [2.75, 3.05) is 0 Å². The molecule has 0 aliphatic rings. The van der Waals surface area contributed by atoms with Crippen LogP contribution in [0, 0.1) is 29.6 Å². The zero-order chi connectivity index (χ0) is 20.7. The van der Waals surface area contributed by atoms with Crippen LogP contribution in [0.1, 0.15) is 129 Å². The number of unbranched alkanes of at least 4 members (excludes halogenated alkanes) is 15. The number of carbonyl (C=O) groups is 1. The largest absolute Gasteiger partial charge is 0.481 e. The number of aliphatic carboxylic acids is 1. The van der Waals surface area contributed by atoms with Crippen molar-refractivity contribution in [3.63, 3.8) is 0 Å². The fourth-order valence-corrected chi connectivity index (χ4v) is 3.23. The van der Waals surface area contributed by atoms with Crippen LogP contribution in [-0.2, 0) is 4.79 Å². The van der Waals surface area contributed by atoms with Crippen molar-refractivity contribution in [2.24, 2.45) is 5.92 Å². The summed E-state index contributed by atoms with van der Waals surface area (Å²) in [6.07, 6.45) is 22.0. The molecule has 0 aliphatic heterocycles. The van der Waals surface area contributed by atoms with Crippen molar-refractivity contribution < 1.29 is 9.90 Å². The highest BCUT2D eigenvalue weighted by atomic mass is 16.4. The van der Waals surface area contributed by atoms with Crippen molar-refractivity contribution in [2.45, 2.75) is 129 Å². The molecule has 0 saturated carbocycles. The minimum absolute atomic E-state index is 0.204. The molecule has 28 heavy (non-hydrogen) atoms. The third-order valence-corrected chi connectivity index (χ3v) is 5.26. The van der Waals surface area contributed by atoms with E-state index in [4.69, 9.17) is 5.11 Å². The molecule has 0 heterocycles. The maximum atomic E-state index is 10.7. The van der Waals surface area contributed by atoms with Crippen molar-refractivity contribution >= 4 is 5.97 Å². The molecule has 2 heteroatoms. The first-order valence-electron chi connectivity index (χ1n) is 11.9. The molecule has 1 N–H and O–H groups in total. The van der Waals surface area contributed by atoms with Crippen molar-refractivity contribution in [1.82, 2.24) is 0 Å². The van der Waals surface area contributed by atoms with Crippen molar-refractivity contribution in [1.29, 1.82) is 0 Å². The highest BCUT2D eigenvalue weighted by Crippen LogP contribution is 2.12. The first-order valence-corrected chi connectivity index (χ1v) is 11.9. The molecule has 160 valence electrons. The van der Waals surface area contributed by atoms with Gasteiger partial charge in [-0.1, -0.05) is 109 Å². The van der Waals surface area contributed by atoms with E-state index >= 15 is 0 Å². The molecule has 0 spiro atoms. The molecule has 0 aliphatic carbocycles. The van der Waals surface area contributed by atoms with Gasteiger partial charge in [0.25, 0.3) is 0 Å². The van der Waals surface area contributed by atoms with Crippen LogP contribution < -0.4 is 0 Å². The lowest BCUT2D eigenvalue weighted by Crippen LogP contribution is -2.08. The summed E-state index contributed by atoms with van der Waals surface area (Å²) < 4.78 is 0. The molecule has 0 fully saturated rings. The quantitative estimate of drug-likeness (QED) is 0.192. The van der Waals surface area contributed by atoms with Crippen LogP contribution in [0.2, 0.25) is 0 Å². The van der Waals surface area contributed by atoms with E-state index in [2.05, 4.69) is 30.6 Å². The Hall–Kier alpha value is -1.41. The van der Waals surface area contributed by atoms with Gasteiger partial charge in [0, 0.05) is 12.8 Å². The van der Waals surface area contributed by atoms with Crippen LogP contribution in [0.15, 0.2) is 0 Å². The van der Waals surface area contributed by atoms with Gasteiger partial charge in [-0.2, -0.15) is 0 Å². The summed E-state index contributed by atoms with van der Waals surface area (Å²) in [5.74, 6) is 11.4. The minimum Gasteiger partial charge on any atom is -0.481 e. The Kier molecular flexibility index (Phi) is 20.8. The Bertz CT molecular complexity index is 472. The van der Waals surface area contributed by atoms with Gasteiger partial charge in [-0.05, 0) is 31.1 Å². The maximum absolute atomic E-state index is 10.7. The van der Waals surface area contributed by atoms with Crippen LogP contribution in [0.3, 0.4) is 0 Å². The average Bonchev–Trinajstić information content (AvgIpc) is 2.68.